The van der Waals surface area contributed by atoms with Crippen molar-refractivity contribution in [2.24, 2.45) is 0 Å². The number of thiazole rings is 1. The average molecular weight is 473 g/mol. The van der Waals surface area contributed by atoms with Gasteiger partial charge in [-0.1, -0.05) is 41.4 Å². The highest BCUT2D eigenvalue weighted by atomic mass is 35.5. The zero-order valence-electron chi connectivity index (χ0n) is 15.8. The first-order valence-electron chi connectivity index (χ1n) is 8.75. The van der Waals surface area contributed by atoms with Crippen molar-refractivity contribution in [2.75, 3.05) is 17.2 Å². The van der Waals surface area contributed by atoms with Crippen molar-refractivity contribution in [3.05, 3.63) is 75.2 Å². The molecule has 10 heteroatoms. The highest BCUT2D eigenvalue weighted by Crippen LogP contribution is 2.24. The summed E-state index contributed by atoms with van der Waals surface area (Å²) in [6, 6.07) is 13.1. The first kappa shape index (κ1) is 22.3. The fraction of sp³-hybridized carbons (Fsp3) is 0.0476. The summed E-state index contributed by atoms with van der Waals surface area (Å²) in [5.41, 5.74) is 0.645. The Kier molecular flexibility index (Phi) is 7.62. The predicted octanol–water partition coefficient (Wildman–Crippen LogP) is 5.01. The number of benzene rings is 2. The van der Waals surface area contributed by atoms with E-state index in [0.717, 1.165) is 0 Å². The topological polar surface area (TPSA) is 104 Å². The molecular formula is C21H14Cl2N4O3S. The number of halogens is 2. The zero-order valence-corrected chi connectivity index (χ0v) is 18.1. The summed E-state index contributed by atoms with van der Waals surface area (Å²) in [6.07, 6.45) is 2.95. The molecule has 156 valence electrons. The van der Waals surface area contributed by atoms with E-state index in [1.54, 1.807) is 35.8 Å². The summed E-state index contributed by atoms with van der Waals surface area (Å²) in [5, 5.41) is 17.5. The fourth-order valence-electron chi connectivity index (χ4n) is 2.44. The van der Waals surface area contributed by atoms with Gasteiger partial charge < -0.3 is 10.1 Å². The lowest BCUT2D eigenvalue weighted by atomic mass is 10.1. The van der Waals surface area contributed by atoms with E-state index < -0.39 is 5.91 Å². The van der Waals surface area contributed by atoms with Crippen LogP contribution in [0.3, 0.4) is 0 Å². The number of anilines is 2. The van der Waals surface area contributed by atoms with E-state index in [2.05, 4.69) is 15.6 Å². The number of nitrogens with one attached hydrogen (secondary N) is 2. The summed E-state index contributed by atoms with van der Waals surface area (Å²) < 4.78 is 5.57. The van der Waals surface area contributed by atoms with E-state index in [0.29, 0.717) is 32.2 Å². The molecule has 2 amide bonds. The predicted molar refractivity (Wildman–Crippen MR) is 121 cm³/mol. The maximum absolute atomic E-state index is 12.5. The van der Waals surface area contributed by atoms with Gasteiger partial charge in [-0.05, 0) is 30.3 Å². The molecular weight excluding hydrogens is 459 g/mol. The summed E-state index contributed by atoms with van der Waals surface area (Å²) >= 11 is 13.2. The second kappa shape index (κ2) is 10.6. The van der Waals surface area contributed by atoms with Crippen molar-refractivity contribution in [1.29, 1.82) is 5.26 Å². The third-order valence-corrected chi connectivity index (χ3v) is 4.87. The number of hydrogen-bond acceptors (Lipinski definition) is 6. The molecule has 1 heterocycles. The number of carbonyl (C=O) groups excluding carboxylic acids is 2. The van der Waals surface area contributed by atoms with Crippen LogP contribution in [0.15, 0.2) is 59.6 Å². The Morgan fingerprint density at radius 3 is 2.58 bits per heavy atom. The third-order valence-electron chi connectivity index (χ3n) is 3.74. The monoisotopic (exact) mass is 472 g/mol. The smallest absolute Gasteiger partial charge is 0.266 e. The van der Waals surface area contributed by atoms with Crippen molar-refractivity contribution in [1.82, 2.24) is 4.98 Å². The van der Waals surface area contributed by atoms with Gasteiger partial charge in [0, 0.05) is 32.9 Å². The Bertz CT molecular complexity index is 1150. The maximum Gasteiger partial charge on any atom is 0.266 e. The molecule has 0 saturated heterocycles. The molecule has 0 fully saturated rings. The Labute approximate surface area is 191 Å². The normalized spacial score (nSPS) is 10.8. The molecule has 0 saturated carbocycles. The van der Waals surface area contributed by atoms with Gasteiger partial charge in [-0.3, -0.25) is 14.9 Å². The van der Waals surface area contributed by atoms with Crippen molar-refractivity contribution in [3.63, 3.8) is 0 Å². The molecule has 0 aliphatic carbocycles. The Morgan fingerprint density at radius 2 is 1.90 bits per heavy atom. The molecule has 0 aliphatic rings. The van der Waals surface area contributed by atoms with Crippen molar-refractivity contribution in [2.45, 2.75) is 0 Å². The van der Waals surface area contributed by atoms with E-state index in [4.69, 9.17) is 27.9 Å². The van der Waals surface area contributed by atoms with Gasteiger partial charge in [0.2, 0.25) is 0 Å². The Morgan fingerprint density at radius 1 is 1.16 bits per heavy atom. The van der Waals surface area contributed by atoms with Crippen molar-refractivity contribution >= 4 is 63.2 Å². The minimum absolute atomic E-state index is 0.167. The van der Waals surface area contributed by atoms with Crippen LogP contribution in [-0.2, 0) is 9.59 Å². The number of hydrogen-bond donors (Lipinski definition) is 2. The molecule has 0 atom stereocenters. The van der Waals surface area contributed by atoms with Gasteiger partial charge in [0.05, 0.1) is 0 Å². The van der Waals surface area contributed by atoms with Gasteiger partial charge in [0.25, 0.3) is 11.8 Å². The largest absolute Gasteiger partial charge is 0.483 e. The number of nitrogens with zero attached hydrogens (tertiary/aromatic N) is 2. The number of carbonyl (C=O) groups is 2. The van der Waals surface area contributed by atoms with Crippen LogP contribution in [0.2, 0.25) is 10.0 Å². The number of para-hydroxylation sites is 1. The number of rotatable bonds is 7. The fourth-order valence-corrected chi connectivity index (χ4v) is 3.51. The molecule has 0 spiro atoms. The van der Waals surface area contributed by atoms with Crippen LogP contribution in [0.1, 0.15) is 5.56 Å². The summed E-state index contributed by atoms with van der Waals surface area (Å²) in [4.78, 5) is 28.5. The third kappa shape index (κ3) is 6.55. The molecule has 0 unspecified atom stereocenters. The van der Waals surface area contributed by atoms with Crippen molar-refractivity contribution in [3.8, 4) is 11.8 Å². The minimum Gasteiger partial charge on any atom is -0.483 e. The lowest BCUT2D eigenvalue weighted by molar-refractivity contribution is -0.118. The van der Waals surface area contributed by atoms with Crippen LogP contribution in [0.5, 0.6) is 5.75 Å². The molecule has 0 aliphatic heterocycles. The number of aromatic nitrogens is 1. The number of ether oxygens (including phenoxy) is 1. The summed E-state index contributed by atoms with van der Waals surface area (Å²) in [6.45, 7) is -0.264. The van der Waals surface area contributed by atoms with E-state index in [9.17, 15) is 14.9 Å². The Hall–Kier alpha value is -3.38. The molecule has 0 radical (unpaired) electrons. The van der Waals surface area contributed by atoms with Gasteiger partial charge in [-0.15, -0.1) is 11.3 Å². The standard InChI is InChI=1S/C21H14Cl2N4O3S/c22-15-8-16(23)10-17(9-15)26-20(29)14(11-24)7-13-3-1-2-4-18(13)30-12-19(28)27-21-25-5-6-31-21/h1-10H,12H2,(H,26,29)(H,25,27,28). The van der Waals surface area contributed by atoms with Gasteiger partial charge in [0.1, 0.15) is 17.4 Å². The van der Waals surface area contributed by atoms with Crippen LogP contribution in [0, 0.1) is 11.3 Å². The Balaban J connectivity index is 1.72. The van der Waals surface area contributed by atoms with Gasteiger partial charge in [-0.2, -0.15) is 5.26 Å². The van der Waals surface area contributed by atoms with Crippen LogP contribution < -0.4 is 15.4 Å². The quantitative estimate of drug-likeness (QED) is 0.371. The molecule has 3 aromatic rings. The first-order valence-corrected chi connectivity index (χ1v) is 10.4. The van der Waals surface area contributed by atoms with Crippen LogP contribution in [0.25, 0.3) is 6.08 Å². The molecule has 2 N–H and O–H groups in total. The highest BCUT2D eigenvalue weighted by Gasteiger charge is 2.13. The summed E-state index contributed by atoms with van der Waals surface area (Å²) in [5.74, 6) is -0.690. The van der Waals surface area contributed by atoms with Gasteiger partial charge in [0.15, 0.2) is 11.7 Å². The number of nitriles is 1. The summed E-state index contributed by atoms with van der Waals surface area (Å²) in [7, 11) is 0. The second-order valence-electron chi connectivity index (χ2n) is 5.99. The van der Waals surface area contributed by atoms with Crippen molar-refractivity contribution < 1.29 is 14.3 Å². The lowest BCUT2D eigenvalue weighted by Crippen LogP contribution is -2.20. The van der Waals surface area contributed by atoms with E-state index in [1.807, 2.05) is 6.07 Å². The van der Waals surface area contributed by atoms with Gasteiger partial charge in [-0.25, -0.2) is 4.98 Å². The molecule has 7 nitrogen and oxygen atoms in total. The van der Waals surface area contributed by atoms with E-state index in [1.165, 1.54) is 35.6 Å². The maximum atomic E-state index is 12.5. The zero-order chi connectivity index (χ0) is 22.2. The molecule has 2 aromatic carbocycles. The molecule has 0 bridgehead atoms. The lowest BCUT2D eigenvalue weighted by Gasteiger charge is -2.10. The first-order chi connectivity index (χ1) is 14.9. The average Bonchev–Trinajstić information content (AvgIpc) is 3.23. The SMILES string of the molecule is N#CC(=Cc1ccccc1OCC(=O)Nc1nccs1)C(=O)Nc1cc(Cl)cc(Cl)c1. The van der Waals surface area contributed by atoms with E-state index >= 15 is 0 Å². The number of amides is 2. The molecule has 1 aromatic heterocycles. The van der Waals surface area contributed by atoms with Crippen LogP contribution in [0.4, 0.5) is 10.8 Å². The van der Waals surface area contributed by atoms with Gasteiger partial charge >= 0.3 is 0 Å². The van der Waals surface area contributed by atoms with Crippen LogP contribution >= 0.6 is 34.5 Å². The highest BCUT2D eigenvalue weighted by molar-refractivity contribution is 7.13. The molecule has 3 rings (SSSR count). The van der Waals surface area contributed by atoms with E-state index in [-0.39, 0.29) is 18.1 Å². The molecule has 31 heavy (non-hydrogen) atoms. The second-order valence-corrected chi connectivity index (χ2v) is 7.76. The van der Waals surface area contributed by atoms with Crippen LogP contribution in [-0.4, -0.2) is 23.4 Å². The minimum atomic E-state index is -0.642.